The lowest BCUT2D eigenvalue weighted by Crippen LogP contribution is -2.45. The van der Waals surface area contributed by atoms with Gasteiger partial charge in [0.2, 0.25) is 0 Å². The van der Waals surface area contributed by atoms with Crippen LogP contribution in [0.25, 0.3) is 0 Å². The smallest absolute Gasteiger partial charge is 0.129 e. The van der Waals surface area contributed by atoms with E-state index in [1.54, 1.807) is 23.9 Å². The highest BCUT2D eigenvalue weighted by Gasteiger charge is 2.38. The van der Waals surface area contributed by atoms with Gasteiger partial charge < -0.3 is 10.0 Å². The Morgan fingerprint density at radius 2 is 1.81 bits per heavy atom. The van der Waals surface area contributed by atoms with Gasteiger partial charge >= 0.3 is 0 Å². The molecule has 0 saturated carbocycles. The third kappa shape index (κ3) is 4.37. The molecule has 0 bridgehead atoms. The fourth-order valence-electron chi connectivity index (χ4n) is 4.44. The van der Waals surface area contributed by atoms with Crippen molar-refractivity contribution in [3.8, 4) is 0 Å². The van der Waals surface area contributed by atoms with Gasteiger partial charge in [-0.1, -0.05) is 59.1 Å². The number of nitrogens with zero attached hydrogens (tertiary/aromatic N) is 3. The molecule has 2 heterocycles. The van der Waals surface area contributed by atoms with Crippen molar-refractivity contribution in [3.63, 3.8) is 0 Å². The summed E-state index contributed by atoms with van der Waals surface area (Å²) in [4.78, 5) is 4.28. The summed E-state index contributed by atoms with van der Waals surface area (Å²) in [6.45, 7) is 0.657. The molecule has 4 rings (SSSR count). The number of aromatic amines is 1. The summed E-state index contributed by atoms with van der Waals surface area (Å²) in [7, 11) is 3.94. The van der Waals surface area contributed by atoms with Gasteiger partial charge in [0.1, 0.15) is 10.8 Å². The minimum atomic E-state index is -0.337. The van der Waals surface area contributed by atoms with Crippen molar-refractivity contribution in [2.45, 2.75) is 30.1 Å². The zero-order chi connectivity index (χ0) is 23.0. The lowest BCUT2D eigenvalue weighted by Gasteiger charge is -2.42. The standard InChI is InChI=1S/C23H25Cl3N4OS/c1-29(2)22-20(23(32-3)28-27-22)21(19-17(25)9-15(24)10-18(19)26)30-11-14-7-5-4-6-13(14)8-16(30)12-31/h4-7,9-10,16,21,31H,8,11-12H2,1-3H3,(H,27,28). The highest BCUT2D eigenvalue weighted by atomic mass is 35.5. The molecule has 32 heavy (non-hydrogen) atoms. The maximum Gasteiger partial charge on any atom is 0.129 e. The summed E-state index contributed by atoms with van der Waals surface area (Å²) in [6, 6.07) is 11.3. The van der Waals surface area contributed by atoms with Gasteiger partial charge in [-0.2, -0.15) is 5.10 Å². The number of thioether (sulfide) groups is 1. The molecule has 3 aromatic rings. The van der Waals surface area contributed by atoms with Crippen LogP contribution in [0.3, 0.4) is 0 Å². The van der Waals surface area contributed by atoms with Crippen molar-refractivity contribution in [2.24, 2.45) is 0 Å². The monoisotopic (exact) mass is 510 g/mol. The van der Waals surface area contributed by atoms with Crippen LogP contribution in [-0.4, -0.2) is 53.2 Å². The Morgan fingerprint density at radius 3 is 2.41 bits per heavy atom. The Labute approximate surface area is 207 Å². The maximum atomic E-state index is 10.4. The van der Waals surface area contributed by atoms with E-state index < -0.39 is 0 Å². The molecule has 0 spiro atoms. The van der Waals surface area contributed by atoms with Gasteiger partial charge in [0.25, 0.3) is 0 Å². The number of aromatic nitrogens is 2. The molecule has 0 saturated heterocycles. The zero-order valence-electron chi connectivity index (χ0n) is 18.1. The van der Waals surface area contributed by atoms with Crippen molar-refractivity contribution in [1.29, 1.82) is 0 Å². The third-order valence-electron chi connectivity index (χ3n) is 5.92. The number of anilines is 1. The second-order valence-corrected chi connectivity index (χ2v) is 10.1. The molecule has 9 heteroatoms. The first-order valence-corrected chi connectivity index (χ1v) is 12.6. The lowest BCUT2D eigenvalue weighted by atomic mass is 9.89. The summed E-state index contributed by atoms with van der Waals surface area (Å²) < 4.78 is 0. The van der Waals surface area contributed by atoms with E-state index in [9.17, 15) is 5.11 Å². The van der Waals surface area contributed by atoms with Crippen LogP contribution in [0.5, 0.6) is 0 Å². The number of aliphatic hydroxyl groups is 1. The highest BCUT2D eigenvalue weighted by molar-refractivity contribution is 7.98. The Bertz CT molecular complexity index is 1100. The number of hydrogen-bond acceptors (Lipinski definition) is 5. The Balaban J connectivity index is 1.97. The van der Waals surface area contributed by atoms with Crippen LogP contribution in [0.1, 0.15) is 28.3 Å². The van der Waals surface area contributed by atoms with Crippen molar-refractivity contribution in [2.75, 3.05) is 31.9 Å². The molecule has 5 nitrogen and oxygen atoms in total. The minimum absolute atomic E-state index is 0.0113. The van der Waals surface area contributed by atoms with Gasteiger partial charge in [0, 0.05) is 52.9 Å². The van der Waals surface area contributed by atoms with Crippen LogP contribution in [0.15, 0.2) is 41.4 Å². The molecule has 0 aliphatic carbocycles. The number of H-pyrrole nitrogens is 1. The number of fused-ring (bicyclic) bond motifs is 1. The first kappa shape index (κ1) is 23.7. The van der Waals surface area contributed by atoms with Crippen LogP contribution in [-0.2, 0) is 13.0 Å². The van der Waals surface area contributed by atoms with E-state index in [0.29, 0.717) is 21.6 Å². The first-order valence-electron chi connectivity index (χ1n) is 10.2. The van der Waals surface area contributed by atoms with Gasteiger partial charge in [-0.05, 0) is 35.9 Å². The number of nitrogens with one attached hydrogen (secondary N) is 1. The second-order valence-electron chi connectivity index (χ2n) is 8.06. The zero-order valence-corrected chi connectivity index (χ0v) is 21.2. The Hall–Kier alpha value is -1.41. The molecule has 2 atom stereocenters. The van der Waals surface area contributed by atoms with Crippen LogP contribution in [0.2, 0.25) is 15.1 Å². The van der Waals surface area contributed by atoms with E-state index in [-0.39, 0.29) is 18.7 Å². The molecule has 0 amide bonds. The summed E-state index contributed by atoms with van der Waals surface area (Å²) in [5, 5.41) is 20.4. The third-order valence-corrected chi connectivity index (χ3v) is 7.46. The average molecular weight is 512 g/mol. The molecule has 0 fully saturated rings. The number of benzene rings is 2. The summed E-state index contributed by atoms with van der Waals surface area (Å²) in [5.74, 6) is 0.872. The summed E-state index contributed by atoms with van der Waals surface area (Å²) in [5.41, 5.74) is 4.21. The van der Waals surface area contributed by atoms with Crippen molar-refractivity contribution >= 4 is 52.4 Å². The van der Waals surface area contributed by atoms with E-state index in [2.05, 4.69) is 27.2 Å². The van der Waals surface area contributed by atoms with Gasteiger partial charge in [0.05, 0.1) is 12.6 Å². The van der Waals surface area contributed by atoms with Crippen molar-refractivity contribution in [3.05, 3.63) is 73.7 Å². The molecule has 1 aromatic heterocycles. The molecule has 2 N–H and O–H groups in total. The molecule has 2 aromatic carbocycles. The maximum absolute atomic E-state index is 10.4. The number of aliphatic hydroxyl groups excluding tert-OH is 1. The molecule has 170 valence electrons. The number of halogens is 3. The predicted molar refractivity (Wildman–Crippen MR) is 135 cm³/mol. The Kier molecular flexibility index (Phi) is 7.30. The van der Waals surface area contributed by atoms with E-state index in [0.717, 1.165) is 28.4 Å². The van der Waals surface area contributed by atoms with Gasteiger partial charge in [0.15, 0.2) is 0 Å². The van der Waals surface area contributed by atoms with Crippen LogP contribution >= 0.6 is 46.6 Å². The topological polar surface area (TPSA) is 55.4 Å². The molecule has 1 aliphatic heterocycles. The van der Waals surface area contributed by atoms with Crippen molar-refractivity contribution < 1.29 is 5.11 Å². The van der Waals surface area contributed by atoms with Crippen LogP contribution in [0, 0.1) is 0 Å². The van der Waals surface area contributed by atoms with Crippen LogP contribution in [0.4, 0.5) is 5.82 Å². The van der Waals surface area contributed by atoms with Gasteiger partial charge in [-0.25, -0.2) is 0 Å². The Morgan fingerprint density at radius 1 is 1.16 bits per heavy atom. The number of rotatable bonds is 6. The normalized spacial score (nSPS) is 17.3. The van der Waals surface area contributed by atoms with Gasteiger partial charge in [-0.15, -0.1) is 11.8 Å². The molecule has 0 radical (unpaired) electrons. The SMILES string of the molecule is CSc1n[nH]c(N(C)C)c1C(c1c(Cl)cc(Cl)cc1Cl)N1Cc2ccccc2CC1CO. The first-order chi connectivity index (χ1) is 15.3. The number of hydrogen-bond donors (Lipinski definition) is 2. The largest absolute Gasteiger partial charge is 0.395 e. The fraction of sp³-hybridized carbons (Fsp3) is 0.348. The van der Waals surface area contributed by atoms with E-state index >= 15 is 0 Å². The predicted octanol–water partition coefficient (Wildman–Crippen LogP) is 5.67. The van der Waals surface area contributed by atoms with E-state index in [1.807, 2.05) is 37.4 Å². The highest BCUT2D eigenvalue weighted by Crippen LogP contribution is 2.47. The fourth-order valence-corrected chi connectivity index (χ4v) is 6.03. The molecular weight excluding hydrogens is 487 g/mol. The van der Waals surface area contributed by atoms with Gasteiger partial charge in [-0.3, -0.25) is 10.00 Å². The second kappa shape index (κ2) is 9.84. The van der Waals surface area contributed by atoms with Crippen molar-refractivity contribution in [1.82, 2.24) is 15.1 Å². The van der Waals surface area contributed by atoms with Crippen LogP contribution < -0.4 is 4.90 Å². The minimum Gasteiger partial charge on any atom is -0.395 e. The average Bonchev–Trinajstić information content (AvgIpc) is 3.19. The molecule has 1 aliphatic rings. The molecular formula is C23H25Cl3N4OS. The van der Waals surface area contributed by atoms with E-state index in [1.165, 1.54) is 11.1 Å². The van der Waals surface area contributed by atoms with E-state index in [4.69, 9.17) is 34.8 Å². The molecule has 2 unspecified atom stereocenters. The quantitative estimate of drug-likeness (QED) is 0.418. The summed E-state index contributed by atoms with van der Waals surface area (Å²) in [6.07, 6.45) is 2.73. The summed E-state index contributed by atoms with van der Waals surface area (Å²) >= 11 is 21.4. The lowest BCUT2D eigenvalue weighted by molar-refractivity contribution is 0.0791.